The van der Waals surface area contributed by atoms with Crippen molar-refractivity contribution in [2.24, 2.45) is 17.3 Å². The fourth-order valence-electron chi connectivity index (χ4n) is 8.73. The molecule has 2 bridgehead atoms. The minimum absolute atomic E-state index is 0.0433. The Kier molecular flexibility index (Phi) is 6.04. The zero-order valence-electron chi connectivity index (χ0n) is 26.6. The maximum absolute atomic E-state index is 14.6. The van der Waals surface area contributed by atoms with E-state index in [1.165, 1.54) is 0 Å². The summed E-state index contributed by atoms with van der Waals surface area (Å²) in [4.78, 5) is 46.4. The van der Waals surface area contributed by atoms with Gasteiger partial charge < -0.3 is 24.4 Å². The summed E-state index contributed by atoms with van der Waals surface area (Å²) < 4.78 is 18.3. The van der Waals surface area contributed by atoms with E-state index in [4.69, 9.17) is 14.2 Å². The fourth-order valence-corrected chi connectivity index (χ4v) is 8.73. The van der Waals surface area contributed by atoms with E-state index in [0.29, 0.717) is 48.9 Å². The zero-order chi connectivity index (χ0) is 31.4. The van der Waals surface area contributed by atoms with Crippen LogP contribution in [0.3, 0.4) is 0 Å². The molecule has 1 aliphatic carbocycles. The first-order valence-corrected chi connectivity index (χ1v) is 15.6. The van der Waals surface area contributed by atoms with Gasteiger partial charge in [-0.3, -0.25) is 9.59 Å². The first-order valence-electron chi connectivity index (χ1n) is 15.6. The minimum Gasteiger partial charge on any atom is -0.491 e. The SMILES string of the molecule is COc1c(OCc2ccccc2)ccc2c1N(C(=O)OC(C)(C)C)C1=C(C2)[C@]23NC(=O)[C@@]4(C[C@H]2C1(C)C)[C@@H](C)CCN4C3=O. The molecule has 2 spiro atoms. The molecule has 0 aromatic heterocycles. The molecule has 5 aliphatic heterocycles. The number of rotatable bonds is 4. The number of amides is 3. The van der Waals surface area contributed by atoms with E-state index in [-0.39, 0.29) is 23.7 Å². The molecular formula is C35H41N3O6. The van der Waals surface area contributed by atoms with Crippen molar-refractivity contribution in [3.63, 3.8) is 0 Å². The van der Waals surface area contributed by atoms with Gasteiger partial charge >= 0.3 is 6.09 Å². The molecule has 44 heavy (non-hydrogen) atoms. The van der Waals surface area contributed by atoms with Gasteiger partial charge in [0.05, 0.1) is 7.11 Å². The van der Waals surface area contributed by atoms with Gasteiger partial charge in [0.1, 0.15) is 29.0 Å². The predicted octanol–water partition coefficient (Wildman–Crippen LogP) is 5.36. The van der Waals surface area contributed by atoms with Gasteiger partial charge in [-0.15, -0.1) is 0 Å². The van der Waals surface area contributed by atoms with Gasteiger partial charge in [0.2, 0.25) is 5.91 Å². The van der Waals surface area contributed by atoms with Crippen LogP contribution in [0.25, 0.3) is 0 Å². The Labute approximate surface area is 258 Å². The van der Waals surface area contributed by atoms with Gasteiger partial charge in [0.25, 0.3) is 5.91 Å². The number of nitrogens with zero attached hydrogens (tertiary/aromatic N) is 2. The summed E-state index contributed by atoms with van der Waals surface area (Å²) in [6, 6.07) is 13.6. The van der Waals surface area contributed by atoms with Crippen molar-refractivity contribution in [2.45, 2.75) is 84.1 Å². The number of anilines is 1. The molecule has 2 aromatic rings. The van der Waals surface area contributed by atoms with E-state index in [0.717, 1.165) is 23.1 Å². The lowest BCUT2D eigenvalue weighted by molar-refractivity contribution is -0.176. The Balaban J connectivity index is 1.41. The highest BCUT2D eigenvalue weighted by atomic mass is 16.6. The lowest BCUT2D eigenvalue weighted by atomic mass is 9.57. The van der Waals surface area contributed by atoms with Crippen LogP contribution in [0.5, 0.6) is 11.5 Å². The monoisotopic (exact) mass is 599 g/mol. The molecule has 1 N–H and O–H groups in total. The molecule has 3 amide bonds. The number of carbonyl (C=O) groups is 3. The van der Waals surface area contributed by atoms with Crippen LogP contribution < -0.4 is 19.7 Å². The molecule has 2 aromatic carbocycles. The quantitative estimate of drug-likeness (QED) is 0.508. The minimum atomic E-state index is -1.23. The van der Waals surface area contributed by atoms with E-state index >= 15 is 0 Å². The number of allylic oxidation sites excluding steroid dienone is 1. The number of hydrogen-bond acceptors (Lipinski definition) is 6. The molecule has 0 unspecified atom stereocenters. The number of benzene rings is 2. The summed E-state index contributed by atoms with van der Waals surface area (Å²) in [7, 11) is 1.57. The summed E-state index contributed by atoms with van der Waals surface area (Å²) >= 11 is 0. The zero-order valence-corrected chi connectivity index (χ0v) is 26.6. The van der Waals surface area contributed by atoms with Crippen LogP contribution in [0.1, 0.15) is 65.5 Å². The summed E-state index contributed by atoms with van der Waals surface area (Å²) in [5, 5.41) is 3.28. The molecule has 9 heteroatoms. The van der Waals surface area contributed by atoms with Crippen molar-refractivity contribution in [2.75, 3.05) is 18.6 Å². The molecule has 6 aliphatic rings. The van der Waals surface area contributed by atoms with Crippen molar-refractivity contribution in [1.82, 2.24) is 10.2 Å². The van der Waals surface area contributed by atoms with Crippen LogP contribution in [0.2, 0.25) is 0 Å². The van der Waals surface area contributed by atoms with Crippen LogP contribution in [0, 0.1) is 17.3 Å². The van der Waals surface area contributed by atoms with E-state index < -0.39 is 28.2 Å². The highest BCUT2D eigenvalue weighted by Crippen LogP contribution is 2.67. The molecule has 4 atom stereocenters. The molecule has 0 radical (unpaired) electrons. The van der Waals surface area contributed by atoms with Crippen molar-refractivity contribution >= 4 is 23.6 Å². The van der Waals surface area contributed by atoms with Crippen LogP contribution >= 0.6 is 0 Å². The van der Waals surface area contributed by atoms with Gasteiger partial charge in [-0.1, -0.05) is 57.2 Å². The number of nitrogens with one attached hydrogen (secondary N) is 1. The lowest BCUT2D eigenvalue weighted by Gasteiger charge is -2.60. The van der Waals surface area contributed by atoms with E-state index in [9.17, 15) is 14.4 Å². The maximum Gasteiger partial charge on any atom is 0.419 e. The topological polar surface area (TPSA) is 97.4 Å². The second-order valence-electron chi connectivity index (χ2n) is 14.5. The van der Waals surface area contributed by atoms with Crippen molar-refractivity contribution < 1.29 is 28.6 Å². The van der Waals surface area contributed by atoms with Crippen molar-refractivity contribution in [3.8, 4) is 11.5 Å². The number of hydrogen-bond donors (Lipinski definition) is 1. The number of ether oxygens (including phenoxy) is 3. The molecule has 8 rings (SSSR count). The first kappa shape index (κ1) is 28.7. The molecule has 9 nitrogen and oxygen atoms in total. The first-order chi connectivity index (χ1) is 20.8. The van der Waals surface area contributed by atoms with Crippen molar-refractivity contribution in [3.05, 3.63) is 64.9 Å². The molecular weight excluding hydrogens is 558 g/mol. The van der Waals surface area contributed by atoms with Gasteiger partial charge in [0.15, 0.2) is 11.5 Å². The summed E-state index contributed by atoms with van der Waals surface area (Å²) in [6.45, 7) is 12.6. The molecule has 0 saturated carbocycles. The second kappa shape index (κ2) is 9.25. The summed E-state index contributed by atoms with van der Waals surface area (Å²) in [5.41, 5.74) is 0.265. The predicted molar refractivity (Wildman–Crippen MR) is 164 cm³/mol. The summed E-state index contributed by atoms with van der Waals surface area (Å²) in [6.07, 6.45) is 1.16. The van der Waals surface area contributed by atoms with E-state index in [2.05, 4.69) is 26.1 Å². The van der Waals surface area contributed by atoms with Crippen LogP contribution in [0.4, 0.5) is 10.5 Å². The molecule has 4 saturated heterocycles. The third kappa shape index (κ3) is 3.61. The number of piperidine rings is 2. The smallest absolute Gasteiger partial charge is 0.419 e. The maximum atomic E-state index is 14.6. The van der Waals surface area contributed by atoms with Crippen LogP contribution in [-0.4, -0.2) is 53.1 Å². The average molecular weight is 600 g/mol. The number of methoxy groups -OCH3 is 1. The third-order valence-corrected chi connectivity index (χ3v) is 10.7. The highest BCUT2D eigenvalue weighted by Gasteiger charge is 2.77. The number of piperazine rings is 1. The number of carbonyl (C=O) groups excluding carboxylic acids is 3. The molecule has 5 heterocycles. The molecule has 4 fully saturated rings. The van der Waals surface area contributed by atoms with Crippen molar-refractivity contribution in [1.29, 1.82) is 0 Å². The Hall–Kier alpha value is -4.01. The van der Waals surface area contributed by atoms with Gasteiger partial charge in [0, 0.05) is 30.0 Å². The molecule has 232 valence electrons. The fraction of sp³-hybridized carbons (Fsp3) is 0.514. The van der Waals surface area contributed by atoms with Crippen LogP contribution in [-0.2, 0) is 27.4 Å². The van der Waals surface area contributed by atoms with Gasteiger partial charge in [-0.2, -0.15) is 0 Å². The number of fused-ring (bicyclic) bond motifs is 2. The third-order valence-electron chi connectivity index (χ3n) is 10.7. The van der Waals surface area contributed by atoms with Crippen LogP contribution in [0.15, 0.2) is 53.7 Å². The van der Waals surface area contributed by atoms with E-state index in [1.807, 2.05) is 68.1 Å². The van der Waals surface area contributed by atoms with E-state index in [1.54, 1.807) is 12.0 Å². The Morgan fingerprint density at radius 2 is 1.82 bits per heavy atom. The Bertz CT molecular complexity index is 1620. The Morgan fingerprint density at radius 3 is 2.50 bits per heavy atom. The lowest BCUT2D eigenvalue weighted by Crippen LogP contribution is -2.83. The average Bonchev–Trinajstić information content (AvgIpc) is 3.41. The summed E-state index contributed by atoms with van der Waals surface area (Å²) in [5.74, 6) is 0.588. The Morgan fingerprint density at radius 1 is 1.09 bits per heavy atom. The highest BCUT2D eigenvalue weighted by molar-refractivity contribution is 6.09. The standard InChI is InChI=1S/C35H41N3O6/c1-20-15-16-37-30(40)35-23-17-22-13-14-24(43-19-21-11-9-8-10-12-21)27(42-7)26(22)38(31(41)44-32(2,3)4)28(23)33(5,6)25(35)18-34(20,37)29(39)36-35/h8-14,20,25H,15-19H2,1-7H3,(H,36,39)/t20-,25-,34+,35-/m0/s1. The van der Waals surface area contributed by atoms with Gasteiger partial charge in [-0.05, 0) is 62.3 Å². The van der Waals surface area contributed by atoms with Gasteiger partial charge in [-0.25, -0.2) is 9.69 Å². The normalized spacial score (nSPS) is 29.5. The second-order valence-corrected chi connectivity index (χ2v) is 14.5. The largest absolute Gasteiger partial charge is 0.491 e.